The molecule has 112 valence electrons. The van der Waals surface area contributed by atoms with Crippen LogP contribution >= 0.6 is 0 Å². The third kappa shape index (κ3) is 2.41. The lowest BCUT2D eigenvalue weighted by atomic mass is 10.3. The van der Waals surface area contributed by atoms with E-state index in [1.54, 1.807) is 24.3 Å². The van der Waals surface area contributed by atoms with Gasteiger partial charge in [0.1, 0.15) is 0 Å². The number of methoxy groups -OCH3 is 1. The van der Waals surface area contributed by atoms with Crippen LogP contribution in [0, 0.1) is 17.5 Å². The highest BCUT2D eigenvalue weighted by Crippen LogP contribution is 2.32. The van der Waals surface area contributed by atoms with Crippen LogP contribution in [0.2, 0.25) is 0 Å². The van der Waals surface area contributed by atoms with Crippen LogP contribution in [0.1, 0.15) is 0 Å². The van der Waals surface area contributed by atoms with Crippen molar-refractivity contribution < 1.29 is 22.6 Å². The lowest BCUT2D eigenvalue weighted by molar-refractivity contribution is 0.342. The molecule has 3 rings (SSSR count). The van der Waals surface area contributed by atoms with Gasteiger partial charge in [0.15, 0.2) is 11.5 Å². The summed E-state index contributed by atoms with van der Waals surface area (Å²) < 4.78 is 50.3. The molecule has 1 heterocycles. The molecule has 22 heavy (non-hydrogen) atoms. The molecule has 4 nitrogen and oxygen atoms in total. The smallest absolute Gasteiger partial charge is 0.238 e. The number of nitrogens with zero attached hydrogens (tertiary/aromatic N) is 2. The van der Waals surface area contributed by atoms with Crippen LogP contribution in [0.5, 0.6) is 17.4 Å². The highest BCUT2D eigenvalue weighted by molar-refractivity contribution is 5.74. The molecule has 2 aromatic carbocycles. The zero-order valence-corrected chi connectivity index (χ0v) is 11.3. The van der Waals surface area contributed by atoms with E-state index >= 15 is 0 Å². The van der Waals surface area contributed by atoms with Crippen LogP contribution in [-0.4, -0.2) is 17.1 Å². The fourth-order valence-corrected chi connectivity index (χ4v) is 1.88. The maximum atomic E-state index is 13.7. The first-order chi connectivity index (χ1) is 10.6. The van der Waals surface area contributed by atoms with Gasteiger partial charge in [0.05, 0.1) is 24.3 Å². The van der Waals surface area contributed by atoms with Gasteiger partial charge < -0.3 is 9.47 Å². The molecule has 0 aliphatic heterocycles. The Morgan fingerprint density at radius 1 is 0.909 bits per heavy atom. The highest BCUT2D eigenvalue weighted by Gasteiger charge is 2.21. The van der Waals surface area contributed by atoms with Crippen LogP contribution in [0.3, 0.4) is 0 Å². The average molecular weight is 306 g/mol. The molecule has 0 amide bonds. The van der Waals surface area contributed by atoms with E-state index in [1.165, 1.54) is 6.20 Å². The molecule has 0 N–H and O–H groups in total. The van der Waals surface area contributed by atoms with Gasteiger partial charge in [-0.25, -0.2) is 14.4 Å². The predicted octanol–water partition coefficient (Wildman–Crippen LogP) is 3.85. The Hall–Kier alpha value is -2.83. The standard InChI is InChI=1S/C15H9F3N2O2/c1-21-10-6-11(14(17)15(18)13(10)16)22-12-7-19-8-4-2-3-5-9(8)20-12/h2-7H,1H3. The Bertz CT molecular complexity index is 856. The molecule has 0 unspecified atom stereocenters. The number of para-hydroxylation sites is 2. The maximum absolute atomic E-state index is 13.7. The number of fused-ring (bicyclic) bond motifs is 1. The number of benzene rings is 2. The van der Waals surface area contributed by atoms with E-state index in [0.717, 1.165) is 13.2 Å². The topological polar surface area (TPSA) is 44.2 Å². The second-order valence-corrected chi connectivity index (χ2v) is 4.32. The highest BCUT2D eigenvalue weighted by atomic mass is 19.2. The molecule has 0 spiro atoms. The maximum Gasteiger partial charge on any atom is 0.238 e. The second-order valence-electron chi connectivity index (χ2n) is 4.32. The van der Waals surface area contributed by atoms with E-state index in [4.69, 9.17) is 4.74 Å². The third-order valence-electron chi connectivity index (χ3n) is 2.94. The summed E-state index contributed by atoms with van der Waals surface area (Å²) in [6, 6.07) is 7.88. The zero-order chi connectivity index (χ0) is 15.7. The molecular weight excluding hydrogens is 297 g/mol. The quantitative estimate of drug-likeness (QED) is 0.689. The molecular formula is C15H9F3N2O2. The summed E-state index contributed by atoms with van der Waals surface area (Å²) in [6.45, 7) is 0. The molecule has 0 aliphatic rings. The van der Waals surface area contributed by atoms with Gasteiger partial charge in [-0.15, -0.1) is 0 Å². The van der Waals surface area contributed by atoms with Gasteiger partial charge in [-0.1, -0.05) is 12.1 Å². The molecule has 0 atom stereocenters. The van der Waals surface area contributed by atoms with Crippen molar-refractivity contribution in [1.29, 1.82) is 0 Å². The van der Waals surface area contributed by atoms with E-state index in [0.29, 0.717) is 11.0 Å². The summed E-state index contributed by atoms with van der Waals surface area (Å²) in [6.07, 6.45) is 1.26. The summed E-state index contributed by atoms with van der Waals surface area (Å²) in [7, 11) is 1.13. The zero-order valence-electron chi connectivity index (χ0n) is 11.3. The lowest BCUT2D eigenvalue weighted by Crippen LogP contribution is -2.00. The van der Waals surface area contributed by atoms with Crippen LogP contribution in [0.15, 0.2) is 36.5 Å². The first-order valence-electron chi connectivity index (χ1n) is 6.21. The minimum absolute atomic E-state index is 0.0503. The van der Waals surface area contributed by atoms with Gasteiger partial charge in [0.2, 0.25) is 23.3 Å². The number of rotatable bonds is 3. The minimum atomic E-state index is -1.68. The van der Waals surface area contributed by atoms with Gasteiger partial charge in [0.25, 0.3) is 0 Å². The number of hydrogen-bond acceptors (Lipinski definition) is 4. The van der Waals surface area contributed by atoms with Crippen LogP contribution in [0.4, 0.5) is 13.2 Å². The Balaban J connectivity index is 2.02. The van der Waals surface area contributed by atoms with Gasteiger partial charge in [-0.2, -0.15) is 8.78 Å². The summed E-state index contributed by atoms with van der Waals surface area (Å²) in [5, 5.41) is 0. The monoisotopic (exact) mass is 306 g/mol. The average Bonchev–Trinajstić information content (AvgIpc) is 2.55. The summed E-state index contributed by atoms with van der Waals surface area (Å²) in [5.41, 5.74) is 1.15. The van der Waals surface area contributed by atoms with Crippen LogP contribution in [0.25, 0.3) is 11.0 Å². The predicted molar refractivity (Wildman–Crippen MR) is 72.5 cm³/mol. The van der Waals surface area contributed by atoms with Gasteiger partial charge >= 0.3 is 0 Å². The minimum Gasteiger partial charge on any atom is -0.493 e. The van der Waals surface area contributed by atoms with Crippen molar-refractivity contribution >= 4 is 11.0 Å². The van der Waals surface area contributed by atoms with Gasteiger partial charge in [-0.05, 0) is 12.1 Å². The van der Waals surface area contributed by atoms with Crippen LogP contribution in [-0.2, 0) is 0 Å². The Morgan fingerprint density at radius 2 is 1.59 bits per heavy atom. The SMILES string of the molecule is COc1cc(Oc2cnc3ccccc3n2)c(F)c(F)c1F. The fraction of sp³-hybridized carbons (Fsp3) is 0.0667. The second kappa shape index (κ2) is 5.51. The van der Waals surface area contributed by atoms with E-state index in [9.17, 15) is 13.2 Å². The number of aromatic nitrogens is 2. The van der Waals surface area contributed by atoms with Gasteiger partial charge in [0, 0.05) is 6.07 Å². The fourth-order valence-electron chi connectivity index (χ4n) is 1.88. The molecule has 0 saturated heterocycles. The molecule has 1 aromatic heterocycles. The van der Waals surface area contributed by atoms with E-state index in [2.05, 4.69) is 14.7 Å². The van der Waals surface area contributed by atoms with E-state index in [-0.39, 0.29) is 5.88 Å². The molecule has 3 aromatic rings. The number of hydrogen-bond donors (Lipinski definition) is 0. The van der Waals surface area contributed by atoms with Gasteiger partial charge in [-0.3, -0.25) is 0 Å². The van der Waals surface area contributed by atoms with E-state index in [1.807, 2.05) is 0 Å². The molecule has 7 heteroatoms. The number of ether oxygens (including phenoxy) is 2. The van der Waals surface area contributed by atoms with Crippen LogP contribution < -0.4 is 9.47 Å². The summed E-state index contributed by atoms with van der Waals surface area (Å²) in [5.74, 6) is -5.62. The molecule has 0 bridgehead atoms. The molecule has 0 aliphatic carbocycles. The first kappa shape index (κ1) is 14.1. The molecule has 0 radical (unpaired) electrons. The van der Waals surface area contributed by atoms with Crippen molar-refractivity contribution in [2.75, 3.05) is 7.11 Å². The van der Waals surface area contributed by atoms with Crippen molar-refractivity contribution in [1.82, 2.24) is 9.97 Å². The largest absolute Gasteiger partial charge is 0.493 e. The van der Waals surface area contributed by atoms with Crippen molar-refractivity contribution in [2.24, 2.45) is 0 Å². The van der Waals surface area contributed by atoms with Crippen molar-refractivity contribution in [3.05, 3.63) is 54.0 Å². The lowest BCUT2D eigenvalue weighted by Gasteiger charge is -2.10. The first-order valence-corrected chi connectivity index (χ1v) is 6.21. The molecule has 0 fully saturated rings. The Morgan fingerprint density at radius 3 is 2.32 bits per heavy atom. The normalized spacial score (nSPS) is 10.7. The molecule has 0 saturated carbocycles. The van der Waals surface area contributed by atoms with Crippen molar-refractivity contribution in [3.63, 3.8) is 0 Å². The van der Waals surface area contributed by atoms with Crippen molar-refractivity contribution in [3.8, 4) is 17.4 Å². The third-order valence-corrected chi connectivity index (χ3v) is 2.94. The van der Waals surface area contributed by atoms with E-state index < -0.39 is 29.0 Å². The summed E-state index contributed by atoms with van der Waals surface area (Å²) >= 11 is 0. The number of halogens is 3. The Kier molecular flexibility index (Phi) is 3.54. The summed E-state index contributed by atoms with van der Waals surface area (Å²) in [4.78, 5) is 8.19. The Labute approximate surface area is 123 Å². The van der Waals surface area contributed by atoms with Crippen molar-refractivity contribution in [2.45, 2.75) is 0 Å².